The number of nitrogens with one attached hydrogen (secondary N) is 1. The van der Waals surface area contributed by atoms with Gasteiger partial charge in [-0.1, -0.05) is 6.42 Å². The Kier molecular flexibility index (Phi) is 5.57. The second-order valence-electron chi connectivity index (χ2n) is 4.95. The smallest absolute Gasteiger partial charge is 0.274 e. The number of anilines is 1. The number of nitrogens with zero attached hydrogens (tertiary/aromatic N) is 1. The van der Waals surface area contributed by atoms with Crippen molar-refractivity contribution in [3.8, 4) is 0 Å². The molecule has 19 heavy (non-hydrogen) atoms. The third kappa shape index (κ3) is 3.81. The lowest BCUT2D eigenvalue weighted by molar-refractivity contribution is -0.120. The summed E-state index contributed by atoms with van der Waals surface area (Å²) in [6.07, 6.45) is 5.18. The normalized spacial score (nSPS) is 22.4. The SMILES string of the molecule is Cl.Cn1cccc(NC(=O)C2CCCC(N)C2)c1=O. The Hall–Kier alpha value is -1.33. The van der Waals surface area contributed by atoms with Crippen LogP contribution in [0.4, 0.5) is 5.69 Å². The van der Waals surface area contributed by atoms with Crippen LogP contribution in [0.3, 0.4) is 0 Å². The first-order chi connectivity index (χ1) is 8.58. The summed E-state index contributed by atoms with van der Waals surface area (Å²) in [6, 6.07) is 3.47. The van der Waals surface area contributed by atoms with E-state index in [4.69, 9.17) is 5.73 Å². The minimum Gasteiger partial charge on any atom is -0.328 e. The van der Waals surface area contributed by atoms with Crippen LogP contribution in [-0.4, -0.2) is 16.5 Å². The molecule has 1 fully saturated rings. The van der Waals surface area contributed by atoms with Crippen molar-refractivity contribution in [1.82, 2.24) is 4.57 Å². The number of pyridine rings is 1. The van der Waals surface area contributed by atoms with E-state index in [1.807, 2.05) is 0 Å². The standard InChI is InChI=1S/C13H19N3O2.ClH/c1-16-7-3-6-11(13(16)18)15-12(17)9-4-2-5-10(14)8-9;/h3,6-7,9-10H,2,4-5,8,14H2,1H3,(H,15,17);1H. The number of carbonyl (C=O) groups excluding carboxylic acids is 1. The minimum absolute atomic E-state index is 0. The molecular formula is C13H20ClN3O2. The molecule has 0 aromatic carbocycles. The first kappa shape index (κ1) is 15.7. The summed E-state index contributed by atoms with van der Waals surface area (Å²) in [5.41, 5.74) is 6.01. The van der Waals surface area contributed by atoms with Gasteiger partial charge in [0.1, 0.15) is 5.69 Å². The molecule has 2 unspecified atom stereocenters. The third-order valence-corrected chi connectivity index (χ3v) is 3.47. The van der Waals surface area contributed by atoms with Gasteiger partial charge in [-0.25, -0.2) is 0 Å². The molecule has 1 aromatic rings. The second kappa shape index (κ2) is 6.73. The largest absolute Gasteiger partial charge is 0.328 e. The molecule has 0 bridgehead atoms. The van der Waals surface area contributed by atoms with Gasteiger partial charge in [0, 0.05) is 25.2 Å². The molecule has 1 saturated carbocycles. The molecule has 1 aromatic heterocycles. The first-order valence-electron chi connectivity index (χ1n) is 6.30. The molecule has 1 heterocycles. The Labute approximate surface area is 118 Å². The Bertz CT molecular complexity index is 501. The number of halogens is 1. The molecule has 3 N–H and O–H groups in total. The lowest BCUT2D eigenvalue weighted by atomic mass is 9.85. The molecule has 2 atom stereocenters. The van der Waals surface area contributed by atoms with Gasteiger partial charge in [-0.05, 0) is 31.4 Å². The number of hydrogen-bond acceptors (Lipinski definition) is 3. The maximum absolute atomic E-state index is 12.1. The Morgan fingerprint density at radius 3 is 2.89 bits per heavy atom. The van der Waals surface area contributed by atoms with Crippen molar-refractivity contribution in [2.75, 3.05) is 5.32 Å². The molecular weight excluding hydrogens is 266 g/mol. The second-order valence-corrected chi connectivity index (χ2v) is 4.95. The van der Waals surface area contributed by atoms with Crippen LogP contribution in [0.2, 0.25) is 0 Å². The van der Waals surface area contributed by atoms with E-state index in [0.717, 1.165) is 19.3 Å². The van der Waals surface area contributed by atoms with Crippen LogP contribution in [0.25, 0.3) is 0 Å². The molecule has 2 rings (SSSR count). The summed E-state index contributed by atoms with van der Waals surface area (Å²) >= 11 is 0. The van der Waals surface area contributed by atoms with Crippen molar-refractivity contribution in [3.05, 3.63) is 28.7 Å². The Balaban J connectivity index is 0.00000180. The summed E-state index contributed by atoms with van der Waals surface area (Å²) in [5.74, 6) is -0.160. The molecule has 0 aliphatic heterocycles. The monoisotopic (exact) mass is 285 g/mol. The van der Waals surface area contributed by atoms with Crippen LogP contribution >= 0.6 is 12.4 Å². The summed E-state index contributed by atoms with van der Waals surface area (Å²) < 4.78 is 1.45. The quantitative estimate of drug-likeness (QED) is 0.859. The third-order valence-electron chi connectivity index (χ3n) is 3.47. The van der Waals surface area contributed by atoms with Gasteiger partial charge in [0.2, 0.25) is 5.91 Å². The van der Waals surface area contributed by atoms with E-state index in [1.54, 1.807) is 25.4 Å². The van der Waals surface area contributed by atoms with Crippen LogP contribution in [0.1, 0.15) is 25.7 Å². The lowest BCUT2D eigenvalue weighted by Gasteiger charge is -2.25. The zero-order chi connectivity index (χ0) is 13.1. The Morgan fingerprint density at radius 1 is 1.47 bits per heavy atom. The highest BCUT2D eigenvalue weighted by atomic mass is 35.5. The summed E-state index contributed by atoms with van der Waals surface area (Å²) in [7, 11) is 1.66. The van der Waals surface area contributed by atoms with E-state index < -0.39 is 0 Å². The number of rotatable bonds is 2. The van der Waals surface area contributed by atoms with Gasteiger partial charge in [-0.15, -0.1) is 12.4 Å². The van der Waals surface area contributed by atoms with Gasteiger partial charge in [0.25, 0.3) is 5.56 Å². The van der Waals surface area contributed by atoms with Gasteiger partial charge in [0.05, 0.1) is 0 Å². The number of amides is 1. The molecule has 5 nitrogen and oxygen atoms in total. The Morgan fingerprint density at radius 2 is 2.21 bits per heavy atom. The number of hydrogen-bond donors (Lipinski definition) is 2. The van der Waals surface area contributed by atoms with Crippen molar-refractivity contribution in [2.24, 2.45) is 18.7 Å². The highest BCUT2D eigenvalue weighted by Crippen LogP contribution is 2.23. The van der Waals surface area contributed by atoms with E-state index in [0.29, 0.717) is 12.1 Å². The predicted octanol–water partition coefficient (Wildman–Crippen LogP) is 1.26. The van der Waals surface area contributed by atoms with Gasteiger partial charge < -0.3 is 15.6 Å². The average molecular weight is 286 g/mol. The summed E-state index contributed by atoms with van der Waals surface area (Å²) in [4.78, 5) is 23.8. The van der Waals surface area contributed by atoms with Gasteiger partial charge in [-0.2, -0.15) is 0 Å². The highest BCUT2D eigenvalue weighted by molar-refractivity contribution is 5.92. The zero-order valence-electron chi connectivity index (χ0n) is 11.0. The van der Waals surface area contributed by atoms with Crippen molar-refractivity contribution in [3.63, 3.8) is 0 Å². The fraction of sp³-hybridized carbons (Fsp3) is 0.538. The molecule has 6 heteroatoms. The molecule has 0 saturated heterocycles. The van der Waals surface area contributed by atoms with E-state index >= 15 is 0 Å². The fourth-order valence-electron chi connectivity index (χ4n) is 2.39. The van der Waals surface area contributed by atoms with Crippen LogP contribution in [0.15, 0.2) is 23.1 Å². The molecule has 106 valence electrons. The van der Waals surface area contributed by atoms with Crippen LogP contribution < -0.4 is 16.6 Å². The van der Waals surface area contributed by atoms with Crippen LogP contribution in [0, 0.1) is 5.92 Å². The zero-order valence-corrected chi connectivity index (χ0v) is 11.8. The fourth-order valence-corrected chi connectivity index (χ4v) is 2.39. The van der Waals surface area contributed by atoms with E-state index in [1.165, 1.54) is 4.57 Å². The summed E-state index contributed by atoms with van der Waals surface area (Å²) in [6.45, 7) is 0. The molecule has 0 spiro atoms. The first-order valence-corrected chi connectivity index (χ1v) is 6.30. The number of carbonyl (C=O) groups is 1. The van der Waals surface area contributed by atoms with E-state index in [9.17, 15) is 9.59 Å². The highest BCUT2D eigenvalue weighted by Gasteiger charge is 2.25. The summed E-state index contributed by atoms with van der Waals surface area (Å²) in [5, 5.41) is 2.71. The van der Waals surface area contributed by atoms with Crippen molar-refractivity contribution < 1.29 is 4.79 Å². The van der Waals surface area contributed by atoms with Gasteiger partial charge in [-0.3, -0.25) is 9.59 Å². The van der Waals surface area contributed by atoms with Crippen molar-refractivity contribution in [2.45, 2.75) is 31.7 Å². The maximum atomic E-state index is 12.1. The lowest BCUT2D eigenvalue weighted by Crippen LogP contribution is -2.35. The van der Waals surface area contributed by atoms with Crippen LogP contribution in [-0.2, 0) is 11.8 Å². The van der Waals surface area contributed by atoms with Gasteiger partial charge >= 0.3 is 0 Å². The molecule has 1 aliphatic rings. The van der Waals surface area contributed by atoms with Crippen molar-refractivity contribution in [1.29, 1.82) is 0 Å². The molecule has 0 radical (unpaired) electrons. The number of aromatic nitrogens is 1. The number of nitrogens with two attached hydrogens (primary N) is 1. The van der Waals surface area contributed by atoms with E-state index in [2.05, 4.69) is 5.32 Å². The maximum Gasteiger partial charge on any atom is 0.274 e. The van der Waals surface area contributed by atoms with Gasteiger partial charge in [0.15, 0.2) is 0 Å². The molecule has 1 amide bonds. The number of aryl methyl sites for hydroxylation is 1. The average Bonchev–Trinajstić information content (AvgIpc) is 2.35. The van der Waals surface area contributed by atoms with E-state index in [-0.39, 0.29) is 35.8 Å². The van der Waals surface area contributed by atoms with Crippen molar-refractivity contribution >= 4 is 24.0 Å². The van der Waals surface area contributed by atoms with Crippen LogP contribution in [0.5, 0.6) is 0 Å². The molecule has 1 aliphatic carbocycles. The minimum atomic E-state index is -0.189. The predicted molar refractivity (Wildman–Crippen MR) is 77.5 cm³/mol. The topological polar surface area (TPSA) is 77.1 Å².